The van der Waals surface area contributed by atoms with E-state index in [4.69, 9.17) is 16.3 Å². The fourth-order valence-corrected chi connectivity index (χ4v) is 2.47. The molecule has 0 saturated heterocycles. The Morgan fingerprint density at radius 1 is 1.14 bits per heavy atom. The Kier molecular flexibility index (Phi) is 6.09. The quantitative estimate of drug-likeness (QED) is 0.660. The highest BCUT2D eigenvalue weighted by Gasteiger charge is 2.08. The van der Waals surface area contributed by atoms with Gasteiger partial charge in [-0.2, -0.15) is 0 Å². The molecule has 0 spiro atoms. The molecule has 0 fully saturated rings. The number of nitrogens with one attached hydrogen (secondary N) is 1. The van der Waals surface area contributed by atoms with Gasteiger partial charge in [-0.05, 0) is 49.7 Å². The lowest BCUT2D eigenvalue weighted by atomic mass is 10.2. The zero-order valence-electron chi connectivity index (χ0n) is 12.2. The summed E-state index contributed by atoms with van der Waals surface area (Å²) in [5, 5.41) is 4.08. The smallest absolute Gasteiger partial charge is 0.133 e. The molecule has 0 aliphatic carbocycles. The Bertz CT molecular complexity index is 616. The summed E-state index contributed by atoms with van der Waals surface area (Å²) in [5.74, 6) is 1.63. The second-order valence-corrected chi connectivity index (χ2v) is 6.29. The van der Waals surface area contributed by atoms with Gasteiger partial charge in [-0.1, -0.05) is 46.6 Å². The Morgan fingerprint density at radius 3 is 2.71 bits per heavy atom. The van der Waals surface area contributed by atoms with Crippen LogP contribution in [-0.4, -0.2) is 6.54 Å². The van der Waals surface area contributed by atoms with Crippen molar-refractivity contribution < 1.29 is 4.74 Å². The van der Waals surface area contributed by atoms with Crippen LogP contribution in [-0.2, 0) is 6.54 Å². The number of aryl methyl sites for hydroxylation is 1. The predicted octanol–water partition coefficient (Wildman–Crippen LogP) is 5.70. The first-order valence-corrected chi connectivity index (χ1v) is 8.20. The molecule has 2 aromatic rings. The summed E-state index contributed by atoms with van der Waals surface area (Å²) in [7, 11) is 0. The molecule has 0 atom stereocenters. The molecule has 0 unspecified atom stereocenters. The first-order valence-electron chi connectivity index (χ1n) is 7.03. The molecule has 2 nitrogen and oxygen atoms in total. The SMILES string of the molecule is CCCNCc1ccc(Br)cc1Oc1cc(Cl)ccc1C. The van der Waals surface area contributed by atoms with Gasteiger partial charge in [0.05, 0.1) is 0 Å². The molecule has 21 heavy (non-hydrogen) atoms. The van der Waals surface area contributed by atoms with Crippen molar-refractivity contribution >= 4 is 27.5 Å². The van der Waals surface area contributed by atoms with Crippen LogP contribution in [0, 0.1) is 6.92 Å². The standard InChI is InChI=1S/C17H19BrClNO/c1-3-8-20-11-13-5-6-14(18)9-17(13)21-16-10-15(19)7-4-12(16)2/h4-7,9-10,20H,3,8,11H2,1-2H3. The van der Waals surface area contributed by atoms with E-state index < -0.39 is 0 Å². The van der Waals surface area contributed by atoms with E-state index in [9.17, 15) is 0 Å². The van der Waals surface area contributed by atoms with Crippen molar-refractivity contribution in [3.05, 3.63) is 57.0 Å². The van der Waals surface area contributed by atoms with Gasteiger partial charge in [0.25, 0.3) is 0 Å². The molecule has 4 heteroatoms. The van der Waals surface area contributed by atoms with Crippen molar-refractivity contribution in [3.63, 3.8) is 0 Å². The molecule has 2 aromatic carbocycles. The topological polar surface area (TPSA) is 21.3 Å². The minimum atomic E-state index is 0.677. The maximum absolute atomic E-state index is 6.08. The summed E-state index contributed by atoms with van der Waals surface area (Å²) in [6.07, 6.45) is 1.11. The van der Waals surface area contributed by atoms with Gasteiger partial charge in [0, 0.05) is 21.6 Å². The summed E-state index contributed by atoms with van der Waals surface area (Å²) in [5.41, 5.74) is 2.19. The van der Waals surface area contributed by atoms with Crippen LogP contribution in [0.4, 0.5) is 0 Å². The van der Waals surface area contributed by atoms with Gasteiger partial charge in [0.15, 0.2) is 0 Å². The molecule has 2 rings (SSSR count). The van der Waals surface area contributed by atoms with Crippen LogP contribution >= 0.6 is 27.5 Å². The molecule has 0 amide bonds. The fourth-order valence-electron chi connectivity index (χ4n) is 1.97. The Balaban J connectivity index is 2.25. The lowest BCUT2D eigenvalue weighted by molar-refractivity contribution is 0.469. The largest absolute Gasteiger partial charge is 0.457 e. The zero-order valence-corrected chi connectivity index (χ0v) is 14.6. The third-order valence-corrected chi connectivity index (χ3v) is 3.87. The van der Waals surface area contributed by atoms with E-state index in [-0.39, 0.29) is 0 Å². The average molecular weight is 369 g/mol. The van der Waals surface area contributed by atoms with Crippen LogP contribution in [0.15, 0.2) is 40.9 Å². The molecule has 0 radical (unpaired) electrons. The third-order valence-electron chi connectivity index (χ3n) is 3.14. The summed E-state index contributed by atoms with van der Waals surface area (Å²) in [4.78, 5) is 0. The normalized spacial score (nSPS) is 10.7. The lowest BCUT2D eigenvalue weighted by Crippen LogP contribution is -2.14. The third kappa shape index (κ3) is 4.73. The van der Waals surface area contributed by atoms with Crippen LogP contribution in [0.25, 0.3) is 0 Å². The molecule has 112 valence electrons. The van der Waals surface area contributed by atoms with E-state index in [1.54, 1.807) is 0 Å². The van der Waals surface area contributed by atoms with Gasteiger partial charge in [0.2, 0.25) is 0 Å². The van der Waals surface area contributed by atoms with E-state index >= 15 is 0 Å². The Hall–Kier alpha value is -1.03. The van der Waals surface area contributed by atoms with Crippen molar-refractivity contribution in [1.82, 2.24) is 5.32 Å². The maximum atomic E-state index is 6.08. The second kappa shape index (κ2) is 7.83. The molecule has 0 heterocycles. The minimum absolute atomic E-state index is 0.677. The minimum Gasteiger partial charge on any atom is -0.457 e. The van der Waals surface area contributed by atoms with E-state index in [1.165, 1.54) is 0 Å². The summed E-state index contributed by atoms with van der Waals surface area (Å²) in [6.45, 7) is 5.95. The molecule has 0 aromatic heterocycles. The number of ether oxygens (including phenoxy) is 1. The van der Waals surface area contributed by atoms with Gasteiger partial charge in [0.1, 0.15) is 11.5 Å². The predicted molar refractivity (Wildman–Crippen MR) is 92.4 cm³/mol. The molecular formula is C17H19BrClNO. The van der Waals surface area contributed by atoms with Gasteiger partial charge in [-0.25, -0.2) is 0 Å². The van der Waals surface area contributed by atoms with Gasteiger partial charge in [-0.3, -0.25) is 0 Å². The Labute approximate surface area is 139 Å². The maximum Gasteiger partial charge on any atom is 0.133 e. The summed E-state index contributed by atoms with van der Waals surface area (Å²) in [6, 6.07) is 11.8. The number of hydrogen-bond donors (Lipinski definition) is 1. The van der Waals surface area contributed by atoms with Gasteiger partial charge in [-0.15, -0.1) is 0 Å². The van der Waals surface area contributed by atoms with Crippen molar-refractivity contribution in [1.29, 1.82) is 0 Å². The van der Waals surface area contributed by atoms with Crippen molar-refractivity contribution in [2.75, 3.05) is 6.54 Å². The molecular weight excluding hydrogens is 350 g/mol. The van der Waals surface area contributed by atoms with Gasteiger partial charge >= 0.3 is 0 Å². The number of halogens is 2. The molecule has 0 aliphatic rings. The lowest BCUT2D eigenvalue weighted by Gasteiger charge is -2.14. The van der Waals surface area contributed by atoms with E-state index in [0.29, 0.717) is 5.02 Å². The van der Waals surface area contributed by atoms with E-state index in [0.717, 1.165) is 46.6 Å². The number of benzene rings is 2. The number of hydrogen-bond acceptors (Lipinski definition) is 2. The summed E-state index contributed by atoms with van der Waals surface area (Å²) >= 11 is 9.55. The molecule has 0 aliphatic heterocycles. The number of rotatable bonds is 6. The molecule has 0 bridgehead atoms. The van der Waals surface area contributed by atoms with Crippen molar-refractivity contribution in [3.8, 4) is 11.5 Å². The summed E-state index contributed by atoms with van der Waals surface area (Å²) < 4.78 is 7.07. The molecule has 0 saturated carbocycles. The average Bonchev–Trinajstić information content (AvgIpc) is 2.45. The van der Waals surface area contributed by atoms with Crippen molar-refractivity contribution in [2.45, 2.75) is 26.8 Å². The van der Waals surface area contributed by atoms with Crippen LogP contribution in [0.2, 0.25) is 5.02 Å². The zero-order chi connectivity index (χ0) is 15.2. The van der Waals surface area contributed by atoms with Crippen LogP contribution in [0.1, 0.15) is 24.5 Å². The van der Waals surface area contributed by atoms with Crippen LogP contribution in [0.5, 0.6) is 11.5 Å². The van der Waals surface area contributed by atoms with Gasteiger partial charge < -0.3 is 10.1 Å². The van der Waals surface area contributed by atoms with E-state index in [2.05, 4.69) is 34.2 Å². The molecule has 1 N–H and O–H groups in total. The highest BCUT2D eigenvalue weighted by molar-refractivity contribution is 9.10. The second-order valence-electron chi connectivity index (χ2n) is 4.94. The van der Waals surface area contributed by atoms with E-state index in [1.807, 2.05) is 37.3 Å². The monoisotopic (exact) mass is 367 g/mol. The Morgan fingerprint density at radius 2 is 1.95 bits per heavy atom. The fraction of sp³-hybridized carbons (Fsp3) is 0.294. The van der Waals surface area contributed by atoms with Crippen LogP contribution in [0.3, 0.4) is 0 Å². The van der Waals surface area contributed by atoms with Crippen LogP contribution < -0.4 is 10.1 Å². The van der Waals surface area contributed by atoms with Crippen molar-refractivity contribution in [2.24, 2.45) is 0 Å². The highest BCUT2D eigenvalue weighted by Crippen LogP contribution is 2.32. The first kappa shape index (κ1) is 16.3. The first-order chi connectivity index (χ1) is 10.1. The highest BCUT2D eigenvalue weighted by atomic mass is 79.9.